The van der Waals surface area contributed by atoms with Crippen molar-refractivity contribution in [2.75, 3.05) is 18.4 Å². The zero-order valence-electron chi connectivity index (χ0n) is 19.2. The van der Waals surface area contributed by atoms with Gasteiger partial charge in [0, 0.05) is 52.1 Å². The van der Waals surface area contributed by atoms with E-state index in [4.69, 9.17) is 16.3 Å². The summed E-state index contributed by atoms with van der Waals surface area (Å²) in [6, 6.07) is 11.6. The van der Waals surface area contributed by atoms with E-state index < -0.39 is 6.09 Å². The molecule has 0 bridgehead atoms. The molecule has 7 heteroatoms. The maximum Gasteiger partial charge on any atom is 0.411 e. The lowest BCUT2D eigenvalue weighted by Gasteiger charge is -2.22. The van der Waals surface area contributed by atoms with Gasteiger partial charge in [0.25, 0.3) is 0 Å². The SMILES string of the molecule is CC(C)(C)c1cc(-c2cncc(-c3ccc(NC(=O)OC4CCNCC4)cc3Cl)c2)ccn1. The Morgan fingerprint density at radius 3 is 2.55 bits per heavy atom. The molecule has 2 aromatic heterocycles. The average molecular weight is 465 g/mol. The van der Waals surface area contributed by atoms with Gasteiger partial charge >= 0.3 is 6.09 Å². The third-order valence-corrected chi connectivity index (χ3v) is 6.00. The summed E-state index contributed by atoms with van der Waals surface area (Å²) in [4.78, 5) is 21.2. The van der Waals surface area contributed by atoms with Crippen molar-refractivity contribution in [3.8, 4) is 22.3 Å². The van der Waals surface area contributed by atoms with Crippen molar-refractivity contribution >= 4 is 23.4 Å². The maximum atomic E-state index is 12.2. The Hall–Kier alpha value is -2.96. The number of piperidine rings is 1. The zero-order chi connectivity index (χ0) is 23.4. The molecule has 3 aromatic rings. The van der Waals surface area contributed by atoms with Gasteiger partial charge in [0.2, 0.25) is 0 Å². The van der Waals surface area contributed by atoms with Crippen LogP contribution in [0.3, 0.4) is 0 Å². The molecule has 1 aliphatic heterocycles. The van der Waals surface area contributed by atoms with Crippen LogP contribution in [0, 0.1) is 0 Å². The first-order valence-electron chi connectivity index (χ1n) is 11.2. The van der Waals surface area contributed by atoms with Crippen LogP contribution in [0.2, 0.25) is 5.02 Å². The van der Waals surface area contributed by atoms with Crippen molar-refractivity contribution in [2.45, 2.75) is 45.1 Å². The van der Waals surface area contributed by atoms with Crippen LogP contribution in [0.25, 0.3) is 22.3 Å². The Morgan fingerprint density at radius 1 is 1.06 bits per heavy atom. The fourth-order valence-electron chi connectivity index (χ4n) is 3.80. The Morgan fingerprint density at radius 2 is 1.82 bits per heavy atom. The summed E-state index contributed by atoms with van der Waals surface area (Å²) in [5.41, 5.74) is 5.36. The lowest BCUT2D eigenvalue weighted by Crippen LogP contribution is -2.34. The van der Waals surface area contributed by atoms with Gasteiger partial charge in [0.15, 0.2) is 0 Å². The van der Waals surface area contributed by atoms with Gasteiger partial charge in [-0.1, -0.05) is 38.4 Å². The summed E-state index contributed by atoms with van der Waals surface area (Å²) >= 11 is 6.58. The number of nitrogens with one attached hydrogen (secondary N) is 2. The highest BCUT2D eigenvalue weighted by atomic mass is 35.5. The van der Waals surface area contributed by atoms with Crippen molar-refractivity contribution in [1.82, 2.24) is 15.3 Å². The van der Waals surface area contributed by atoms with Crippen LogP contribution in [0.15, 0.2) is 55.0 Å². The molecule has 4 rings (SSSR count). The van der Waals surface area contributed by atoms with Gasteiger partial charge in [0.05, 0.1) is 5.02 Å². The fourth-order valence-corrected chi connectivity index (χ4v) is 4.09. The van der Waals surface area contributed by atoms with E-state index in [1.165, 1.54) is 0 Å². The van der Waals surface area contributed by atoms with Crippen molar-refractivity contribution in [3.63, 3.8) is 0 Å². The van der Waals surface area contributed by atoms with Gasteiger partial charge < -0.3 is 10.1 Å². The van der Waals surface area contributed by atoms with Crippen LogP contribution in [0.1, 0.15) is 39.3 Å². The number of benzene rings is 1. The molecular formula is C26H29ClN4O2. The van der Waals surface area contributed by atoms with Gasteiger partial charge in [-0.25, -0.2) is 4.79 Å². The molecule has 0 atom stereocenters. The first-order valence-corrected chi connectivity index (χ1v) is 11.6. The monoisotopic (exact) mass is 464 g/mol. The summed E-state index contributed by atoms with van der Waals surface area (Å²) in [5, 5.41) is 6.56. The van der Waals surface area contributed by atoms with Crippen LogP contribution in [0.4, 0.5) is 10.5 Å². The molecule has 1 saturated heterocycles. The number of amides is 1. The first-order chi connectivity index (χ1) is 15.8. The quantitative estimate of drug-likeness (QED) is 0.490. The van der Waals surface area contributed by atoms with Gasteiger partial charge in [-0.2, -0.15) is 0 Å². The van der Waals surface area contributed by atoms with Gasteiger partial charge in [0.1, 0.15) is 6.10 Å². The summed E-state index contributed by atoms with van der Waals surface area (Å²) in [5.74, 6) is 0. The number of rotatable bonds is 4. The van der Waals surface area contributed by atoms with Crippen molar-refractivity contribution in [2.24, 2.45) is 0 Å². The van der Waals surface area contributed by atoms with Crippen LogP contribution in [0.5, 0.6) is 0 Å². The number of pyridine rings is 2. The maximum absolute atomic E-state index is 12.2. The molecule has 1 aliphatic rings. The number of aromatic nitrogens is 2. The van der Waals surface area contributed by atoms with Gasteiger partial charge in [-0.3, -0.25) is 15.3 Å². The molecule has 6 nitrogen and oxygen atoms in total. The molecule has 0 radical (unpaired) electrons. The Kier molecular flexibility index (Phi) is 6.96. The highest BCUT2D eigenvalue weighted by Crippen LogP contribution is 2.33. The number of carbonyl (C=O) groups excluding carboxylic acids is 1. The first kappa shape index (κ1) is 23.2. The topological polar surface area (TPSA) is 76.1 Å². The van der Waals surface area contributed by atoms with Crippen LogP contribution < -0.4 is 10.6 Å². The zero-order valence-corrected chi connectivity index (χ0v) is 19.9. The highest BCUT2D eigenvalue weighted by Gasteiger charge is 2.18. The van der Waals surface area contributed by atoms with E-state index in [1.54, 1.807) is 12.3 Å². The molecule has 0 saturated carbocycles. The van der Waals surface area contributed by atoms with Crippen molar-refractivity contribution < 1.29 is 9.53 Å². The molecule has 3 heterocycles. The summed E-state index contributed by atoms with van der Waals surface area (Å²) in [6.07, 6.45) is 6.60. The predicted octanol–water partition coefficient (Wildman–Crippen LogP) is 6.06. The van der Waals surface area contributed by atoms with Crippen LogP contribution >= 0.6 is 11.6 Å². The lowest BCUT2D eigenvalue weighted by molar-refractivity contribution is 0.0909. The summed E-state index contributed by atoms with van der Waals surface area (Å²) < 4.78 is 5.50. The largest absolute Gasteiger partial charge is 0.446 e. The Bertz CT molecular complexity index is 1140. The van der Waals surface area contributed by atoms with E-state index in [0.29, 0.717) is 10.7 Å². The van der Waals surface area contributed by atoms with E-state index >= 15 is 0 Å². The minimum absolute atomic E-state index is 0.0395. The number of carbonyl (C=O) groups is 1. The van der Waals surface area contributed by atoms with E-state index in [1.807, 2.05) is 30.6 Å². The third kappa shape index (κ3) is 5.89. The predicted molar refractivity (Wildman–Crippen MR) is 133 cm³/mol. The molecule has 1 aromatic carbocycles. The van der Waals surface area contributed by atoms with Gasteiger partial charge in [-0.05, 0) is 61.8 Å². The molecule has 2 N–H and O–H groups in total. The van der Waals surface area contributed by atoms with E-state index in [9.17, 15) is 4.79 Å². The number of hydrogen-bond donors (Lipinski definition) is 2. The van der Waals surface area contributed by atoms with Gasteiger partial charge in [-0.15, -0.1) is 0 Å². The molecule has 0 unspecified atom stereocenters. The van der Waals surface area contributed by atoms with E-state index in [2.05, 4.69) is 53.5 Å². The molecular weight excluding hydrogens is 436 g/mol. The molecule has 1 amide bonds. The second kappa shape index (κ2) is 9.89. The van der Waals surface area contributed by atoms with Crippen LogP contribution in [-0.4, -0.2) is 35.3 Å². The molecule has 1 fully saturated rings. The van der Waals surface area contributed by atoms with Crippen molar-refractivity contribution in [1.29, 1.82) is 0 Å². The average Bonchev–Trinajstić information content (AvgIpc) is 2.79. The third-order valence-electron chi connectivity index (χ3n) is 5.69. The normalized spacial score (nSPS) is 14.7. The number of anilines is 1. The molecule has 0 spiro atoms. The highest BCUT2D eigenvalue weighted by molar-refractivity contribution is 6.33. The van der Waals surface area contributed by atoms with E-state index in [0.717, 1.165) is 53.9 Å². The van der Waals surface area contributed by atoms with E-state index in [-0.39, 0.29) is 11.5 Å². The fraction of sp³-hybridized carbons (Fsp3) is 0.346. The number of hydrogen-bond acceptors (Lipinski definition) is 5. The number of halogens is 1. The minimum atomic E-state index is -0.457. The summed E-state index contributed by atoms with van der Waals surface area (Å²) in [7, 11) is 0. The molecule has 0 aliphatic carbocycles. The number of nitrogens with zero attached hydrogens (tertiary/aromatic N) is 2. The van der Waals surface area contributed by atoms with Crippen LogP contribution in [-0.2, 0) is 10.2 Å². The lowest BCUT2D eigenvalue weighted by atomic mass is 9.90. The number of ether oxygens (including phenoxy) is 1. The smallest absolute Gasteiger partial charge is 0.411 e. The standard InChI is InChI=1S/C26H29ClN4O2/c1-26(2,3)24-13-17(6-11-30-24)18-12-19(16-29-15-18)22-5-4-20(14-23(22)27)31-25(32)33-21-7-9-28-10-8-21/h4-6,11-16,21,28H,7-10H2,1-3H3,(H,31,32). The second-order valence-electron chi connectivity index (χ2n) is 9.32. The Labute approximate surface area is 199 Å². The second-order valence-corrected chi connectivity index (χ2v) is 9.72. The molecule has 172 valence electrons. The minimum Gasteiger partial charge on any atom is -0.446 e. The Balaban J connectivity index is 1.51. The molecule has 33 heavy (non-hydrogen) atoms. The summed E-state index contributed by atoms with van der Waals surface area (Å²) in [6.45, 7) is 8.16. The van der Waals surface area contributed by atoms with Crippen molar-refractivity contribution in [3.05, 3.63) is 65.7 Å².